The van der Waals surface area contributed by atoms with E-state index in [9.17, 15) is 0 Å². The van der Waals surface area contributed by atoms with Crippen molar-refractivity contribution in [3.05, 3.63) is 23.8 Å². The second-order valence-corrected chi connectivity index (χ2v) is 4.52. The van der Waals surface area contributed by atoms with Crippen LogP contribution in [0.25, 0.3) is 0 Å². The Hall–Kier alpha value is -1.18. The van der Waals surface area contributed by atoms with Gasteiger partial charge < -0.3 is 0 Å². The summed E-state index contributed by atoms with van der Waals surface area (Å²) in [5.74, 6) is 0. The maximum atomic E-state index is 6.83. The van der Waals surface area contributed by atoms with Crippen molar-refractivity contribution in [2.24, 2.45) is 8.32 Å². The molecule has 0 saturated carbocycles. The minimum atomic E-state index is -0.740. The van der Waals surface area contributed by atoms with E-state index in [4.69, 9.17) is 17.0 Å². The third-order valence-corrected chi connectivity index (χ3v) is 3.38. The Morgan fingerprint density at radius 3 is 2.71 bits per heavy atom. The Bertz CT molecular complexity index is 374. The number of hydrogen-bond acceptors (Lipinski definition) is 5. The van der Waals surface area contributed by atoms with E-state index in [1.54, 1.807) is 25.2 Å². The summed E-state index contributed by atoms with van der Waals surface area (Å²) in [6.07, 6.45) is 0. The third-order valence-electron chi connectivity index (χ3n) is 1.62. The molecule has 0 aliphatic heterocycles. The first kappa shape index (κ1) is 10.9. The minimum absolute atomic E-state index is 0.628. The molecule has 5 N–H and O–H groups in total. The van der Waals surface area contributed by atoms with Crippen molar-refractivity contribution in [2.75, 3.05) is 18.5 Å². The second-order valence-electron chi connectivity index (χ2n) is 2.53. The monoisotopic (exact) mass is 304 g/mol. The Morgan fingerprint density at radius 1 is 1.43 bits per heavy atom. The molecule has 0 bridgehead atoms. The van der Waals surface area contributed by atoms with E-state index in [0.717, 1.165) is 9.28 Å². The molecule has 0 aromatic heterocycles. The summed E-state index contributed by atoms with van der Waals surface area (Å²) >= 11 is -0.740. The van der Waals surface area contributed by atoms with Crippen LogP contribution in [0.1, 0.15) is 5.56 Å². The molecular formula is C8H11IN5-. The zero-order valence-electron chi connectivity index (χ0n) is 7.66. The quantitative estimate of drug-likeness (QED) is 0.267. The van der Waals surface area contributed by atoms with E-state index in [1.807, 2.05) is 0 Å². The maximum absolute atomic E-state index is 6.83. The van der Waals surface area contributed by atoms with Gasteiger partial charge in [-0.15, -0.1) is 0 Å². The van der Waals surface area contributed by atoms with Crippen LogP contribution in [-0.4, -0.2) is 10.8 Å². The van der Waals surface area contributed by atoms with Crippen molar-refractivity contribution in [3.8, 4) is 0 Å². The van der Waals surface area contributed by atoms with Gasteiger partial charge in [-0.2, -0.15) is 0 Å². The van der Waals surface area contributed by atoms with Crippen LogP contribution in [0.15, 0.2) is 26.5 Å². The van der Waals surface area contributed by atoms with Gasteiger partial charge in [-0.1, -0.05) is 0 Å². The predicted molar refractivity (Wildman–Crippen MR) is 52.9 cm³/mol. The van der Waals surface area contributed by atoms with Crippen molar-refractivity contribution in [2.45, 2.75) is 0 Å². The first-order chi connectivity index (χ1) is 6.69. The van der Waals surface area contributed by atoms with Gasteiger partial charge in [0.15, 0.2) is 0 Å². The van der Waals surface area contributed by atoms with Gasteiger partial charge in [0.1, 0.15) is 0 Å². The van der Waals surface area contributed by atoms with Crippen molar-refractivity contribution < 1.29 is 21.5 Å². The number of aliphatic imine (C=N–C) groups is 1. The van der Waals surface area contributed by atoms with Crippen molar-refractivity contribution >= 4 is 15.1 Å². The Morgan fingerprint density at radius 2 is 2.14 bits per heavy atom. The molecule has 0 fully saturated rings. The number of anilines is 2. The van der Waals surface area contributed by atoms with Crippen LogP contribution >= 0.6 is 0 Å². The van der Waals surface area contributed by atoms with Crippen LogP contribution in [0.4, 0.5) is 11.4 Å². The summed E-state index contributed by atoms with van der Waals surface area (Å²) in [5.41, 5.74) is 20.3. The fourth-order valence-corrected chi connectivity index (χ4v) is 2.17. The van der Waals surface area contributed by atoms with Gasteiger partial charge in [-0.25, -0.2) is 0 Å². The molecule has 0 saturated heterocycles. The molecule has 0 amide bonds. The molecule has 0 radical (unpaired) electrons. The molecule has 1 rings (SSSR count). The summed E-state index contributed by atoms with van der Waals surface area (Å²) in [6, 6.07) is 5.24. The second kappa shape index (κ2) is 4.89. The number of benzene rings is 1. The number of nitrogens with two attached hydrogens (primary N) is 2. The van der Waals surface area contributed by atoms with Gasteiger partial charge >= 0.3 is 92.7 Å². The summed E-state index contributed by atoms with van der Waals surface area (Å²) in [4.78, 5) is 4.07. The molecule has 1 aromatic rings. The van der Waals surface area contributed by atoms with Gasteiger partial charge in [-0.3, -0.25) is 0 Å². The van der Waals surface area contributed by atoms with Crippen molar-refractivity contribution in [1.29, 1.82) is 5.53 Å². The van der Waals surface area contributed by atoms with Gasteiger partial charge in [0, 0.05) is 0 Å². The predicted octanol–water partition coefficient (Wildman–Crippen LogP) is -1.74. The summed E-state index contributed by atoms with van der Waals surface area (Å²) in [6.45, 7) is 0. The summed E-state index contributed by atoms with van der Waals surface area (Å²) < 4.78 is 4.17. The molecule has 5 nitrogen and oxygen atoms in total. The normalized spacial score (nSPS) is 11.6. The first-order valence-electron chi connectivity index (χ1n) is 3.82. The average Bonchev–Trinajstić information content (AvgIpc) is 2.18. The fourth-order valence-electron chi connectivity index (χ4n) is 0.996. The molecule has 1 aromatic carbocycles. The topological polar surface area (TPSA) is 101 Å². The number of rotatable bonds is 3. The average molecular weight is 304 g/mol. The van der Waals surface area contributed by atoms with E-state index in [0.29, 0.717) is 11.4 Å². The molecule has 0 aliphatic rings. The molecule has 0 spiro atoms. The molecule has 6 heteroatoms. The number of halogens is 1. The summed E-state index contributed by atoms with van der Waals surface area (Å²) in [5, 5.41) is 0. The Labute approximate surface area is 92.7 Å². The zero-order chi connectivity index (χ0) is 10.6. The number of hydrogen-bond donors (Lipinski definition) is 3. The van der Waals surface area contributed by atoms with Gasteiger partial charge in [0.05, 0.1) is 0 Å². The molecule has 14 heavy (non-hydrogen) atoms. The third kappa shape index (κ3) is 2.41. The van der Waals surface area contributed by atoms with E-state index in [-0.39, 0.29) is 0 Å². The molecule has 0 aliphatic carbocycles. The molecule has 0 atom stereocenters. The molecule has 0 heterocycles. The van der Waals surface area contributed by atoms with Crippen LogP contribution in [-0.2, 0) is 0 Å². The van der Waals surface area contributed by atoms with E-state index >= 15 is 0 Å². The SMILES string of the molecule is CN=C([I-]N=N)c1cc(N)ccc1N. The van der Waals surface area contributed by atoms with Crippen LogP contribution in [0, 0.1) is 5.53 Å². The molecule has 76 valence electrons. The molecular weight excluding hydrogens is 293 g/mol. The van der Waals surface area contributed by atoms with Crippen molar-refractivity contribution in [1.82, 2.24) is 0 Å². The van der Waals surface area contributed by atoms with E-state index in [2.05, 4.69) is 8.32 Å². The van der Waals surface area contributed by atoms with Crippen LogP contribution < -0.4 is 32.9 Å². The van der Waals surface area contributed by atoms with E-state index < -0.39 is 21.5 Å². The van der Waals surface area contributed by atoms with E-state index in [1.165, 1.54) is 0 Å². The molecule has 0 unspecified atom stereocenters. The van der Waals surface area contributed by atoms with Crippen molar-refractivity contribution in [3.63, 3.8) is 0 Å². The van der Waals surface area contributed by atoms with Crippen LogP contribution in [0.5, 0.6) is 0 Å². The van der Waals surface area contributed by atoms with Gasteiger partial charge in [0.25, 0.3) is 0 Å². The standard InChI is InChI=1S/C8H11IN5/c1-13-8(9-14-12)6-4-5(10)2-3-7(6)11/h2-4,12H,10-11H2,1H3/q-1. The number of nitrogen functional groups attached to an aromatic ring is 2. The first-order valence-corrected chi connectivity index (χ1v) is 5.86. The van der Waals surface area contributed by atoms with Crippen LogP contribution in [0.3, 0.4) is 0 Å². The zero-order valence-corrected chi connectivity index (χ0v) is 9.82. The number of nitrogens with one attached hydrogen (secondary N) is 1. The van der Waals surface area contributed by atoms with Gasteiger partial charge in [-0.05, 0) is 0 Å². The Kier molecular flexibility index (Phi) is 3.81. The van der Waals surface area contributed by atoms with Crippen LogP contribution in [0.2, 0.25) is 0 Å². The fraction of sp³-hybridized carbons (Fsp3) is 0.125. The Balaban J connectivity index is 3.15. The number of nitrogens with zero attached hydrogens (tertiary/aromatic N) is 2. The summed E-state index contributed by atoms with van der Waals surface area (Å²) in [7, 11) is 1.67. The van der Waals surface area contributed by atoms with Gasteiger partial charge in [0.2, 0.25) is 0 Å².